The van der Waals surface area contributed by atoms with Crippen molar-refractivity contribution in [1.29, 1.82) is 0 Å². The van der Waals surface area contributed by atoms with Crippen LogP contribution in [0.25, 0.3) is 0 Å². The molecule has 0 saturated carbocycles. The van der Waals surface area contributed by atoms with Gasteiger partial charge < -0.3 is 10.1 Å². The molecule has 0 radical (unpaired) electrons. The molecular formula is C16H22N2OS. The minimum Gasteiger partial charge on any atom is -0.497 e. The zero-order chi connectivity index (χ0) is 14.4. The highest BCUT2D eigenvalue weighted by Crippen LogP contribution is 2.26. The fraction of sp³-hybridized carbons (Fsp3) is 0.438. The fourth-order valence-electron chi connectivity index (χ4n) is 2.30. The summed E-state index contributed by atoms with van der Waals surface area (Å²) < 4.78 is 5.21. The number of benzene rings is 1. The molecule has 2 rings (SSSR count). The summed E-state index contributed by atoms with van der Waals surface area (Å²) in [7, 11) is 1.69. The minimum atomic E-state index is 0.321. The molecule has 0 aliphatic carbocycles. The quantitative estimate of drug-likeness (QED) is 0.823. The Morgan fingerprint density at radius 3 is 2.35 bits per heavy atom. The van der Waals surface area contributed by atoms with Gasteiger partial charge in [0.1, 0.15) is 10.8 Å². The molecular weight excluding hydrogens is 268 g/mol. The predicted molar refractivity (Wildman–Crippen MR) is 84.3 cm³/mol. The van der Waals surface area contributed by atoms with Crippen LogP contribution in [0, 0.1) is 0 Å². The second-order valence-corrected chi connectivity index (χ2v) is 5.66. The Morgan fingerprint density at radius 2 is 1.85 bits per heavy atom. The van der Waals surface area contributed by atoms with E-state index in [0.717, 1.165) is 18.6 Å². The van der Waals surface area contributed by atoms with Crippen LogP contribution in [-0.4, -0.2) is 12.1 Å². The molecule has 2 unspecified atom stereocenters. The topological polar surface area (TPSA) is 34.2 Å². The van der Waals surface area contributed by atoms with E-state index in [1.54, 1.807) is 18.4 Å². The van der Waals surface area contributed by atoms with Gasteiger partial charge in [-0.25, -0.2) is 4.98 Å². The van der Waals surface area contributed by atoms with E-state index in [4.69, 9.17) is 4.74 Å². The number of ether oxygens (including phenoxy) is 1. The van der Waals surface area contributed by atoms with Crippen LogP contribution in [0.2, 0.25) is 0 Å². The molecule has 1 aromatic carbocycles. The molecule has 0 aliphatic heterocycles. The summed E-state index contributed by atoms with van der Waals surface area (Å²) in [4.78, 5) is 4.43. The molecule has 0 fully saturated rings. The monoisotopic (exact) mass is 290 g/mol. The fourth-order valence-corrected chi connectivity index (χ4v) is 3.08. The van der Waals surface area contributed by atoms with Gasteiger partial charge >= 0.3 is 0 Å². The summed E-state index contributed by atoms with van der Waals surface area (Å²) in [5.74, 6) is 0.899. The summed E-state index contributed by atoms with van der Waals surface area (Å²) in [6.07, 6.45) is 3.97. The van der Waals surface area contributed by atoms with Crippen molar-refractivity contribution in [3.05, 3.63) is 46.4 Å². The van der Waals surface area contributed by atoms with Crippen molar-refractivity contribution in [3.63, 3.8) is 0 Å². The van der Waals surface area contributed by atoms with Crippen LogP contribution in [0.4, 0.5) is 0 Å². The molecule has 0 saturated heterocycles. The second kappa shape index (κ2) is 7.41. The SMILES string of the molecule is CCC(NC(CC)c1nccs1)c1ccc(OC)cc1. The lowest BCUT2D eigenvalue weighted by molar-refractivity contribution is 0.411. The Bertz CT molecular complexity index is 496. The summed E-state index contributed by atoms with van der Waals surface area (Å²) in [6.45, 7) is 4.40. The van der Waals surface area contributed by atoms with Crippen LogP contribution in [0.15, 0.2) is 35.8 Å². The molecule has 0 aliphatic rings. The smallest absolute Gasteiger partial charge is 0.118 e. The molecule has 2 aromatic rings. The van der Waals surface area contributed by atoms with E-state index in [0.29, 0.717) is 12.1 Å². The van der Waals surface area contributed by atoms with Crippen LogP contribution in [-0.2, 0) is 0 Å². The highest BCUT2D eigenvalue weighted by atomic mass is 32.1. The molecule has 1 aromatic heterocycles. The molecule has 0 bridgehead atoms. The third kappa shape index (κ3) is 3.58. The number of thiazole rings is 1. The minimum absolute atomic E-state index is 0.321. The van der Waals surface area contributed by atoms with Crippen LogP contribution in [0.3, 0.4) is 0 Å². The number of rotatable bonds is 7. The number of hydrogen-bond acceptors (Lipinski definition) is 4. The zero-order valence-electron chi connectivity index (χ0n) is 12.3. The molecule has 4 heteroatoms. The Morgan fingerprint density at radius 1 is 1.15 bits per heavy atom. The van der Waals surface area contributed by atoms with Gasteiger partial charge in [0, 0.05) is 17.6 Å². The average Bonchev–Trinajstić information content (AvgIpc) is 3.03. The molecule has 20 heavy (non-hydrogen) atoms. The zero-order valence-corrected chi connectivity index (χ0v) is 13.1. The maximum absolute atomic E-state index is 5.21. The van der Waals surface area contributed by atoms with E-state index in [9.17, 15) is 0 Å². The van der Waals surface area contributed by atoms with Gasteiger partial charge in [-0.2, -0.15) is 0 Å². The van der Waals surface area contributed by atoms with Crippen LogP contribution in [0.1, 0.15) is 49.3 Å². The van der Waals surface area contributed by atoms with Crippen molar-refractivity contribution < 1.29 is 4.74 Å². The van der Waals surface area contributed by atoms with Gasteiger partial charge in [0.15, 0.2) is 0 Å². The van der Waals surface area contributed by atoms with Gasteiger partial charge in [-0.15, -0.1) is 11.3 Å². The number of methoxy groups -OCH3 is 1. The van der Waals surface area contributed by atoms with Crippen LogP contribution < -0.4 is 10.1 Å². The van der Waals surface area contributed by atoms with Gasteiger partial charge in [-0.3, -0.25) is 0 Å². The number of nitrogens with zero attached hydrogens (tertiary/aromatic N) is 1. The van der Waals surface area contributed by atoms with Crippen LogP contribution >= 0.6 is 11.3 Å². The van der Waals surface area contributed by atoms with E-state index in [-0.39, 0.29) is 0 Å². The first kappa shape index (κ1) is 15.0. The molecule has 3 nitrogen and oxygen atoms in total. The first-order valence-electron chi connectivity index (χ1n) is 7.07. The maximum Gasteiger partial charge on any atom is 0.118 e. The largest absolute Gasteiger partial charge is 0.497 e. The summed E-state index contributed by atoms with van der Waals surface area (Å²) >= 11 is 1.72. The Labute approximate surface area is 125 Å². The van der Waals surface area contributed by atoms with E-state index >= 15 is 0 Å². The number of nitrogens with one attached hydrogen (secondary N) is 1. The van der Waals surface area contributed by atoms with Crippen molar-refractivity contribution in [3.8, 4) is 5.75 Å². The molecule has 1 heterocycles. The van der Waals surface area contributed by atoms with Crippen molar-refractivity contribution >= 4 is 11.3 Å². The van der Waals surface area contributed by atoms with E-state index in [1.807, 2.05) is 23.7 Å². The first-order valence-corrected chi connectivity index (χ1v) is 7.95. The van der Waals surface area contributed by atoms with E-state index in [1.165, 1.54) is 10.6 Å². The normalized spacial score (nSPS) is 13.9. The number of aromatic nitrogens is 1. The Balaban J connectivity index is 2.10. The maximum atomic E-state index is 5.21. The summed E-state index contributed by atoms with van der Waals surface area (Å²) in [5.41, 5.74) is 1.29. The molecule has 108 valence electrons. The Hall–Kier alpha value is -1.39. The van der Waals surface area contributed by atoms with E-state index < -0.39 is 0 Å². The Kier molecular flexibility index (Phi) is 5.56. The van der Waals surface area contributed by atoms with Crippen molar-refractivity contribution in [2.75, 3.05) is 7.11 Å². The van der Waals surface area contributed by atoms with Gasteiger partial charge in [0.25, 0.3) is 0 Å². The van der Waals surface area contributed by atoms with Crippen LogP contribution in [0.5, 0.6) is 5.75 Å². The standard InChI is InChI=1S/C16H22N2OS/c1-4-14(12-6-8-13(19-3)9-7-12)18-15(5-2)16-17-10-11-20-16/h6-11,14-15,18H,4-5H2,1-3H3. The van der Waals surface area contributed by atoms with Crippen molar-refractivity contribution in [2.24, 2.45) is 0 Å². The lowest BCUT2D eigenvalue weighted by atomic mass is 10.0. The lowest BCUT2D eigenvalue weighted by Gasteiger charge is -2.23. The van der Waals surface area contributed by atoms with Gasteiger partial charge in [0.2, 0.25) is 0 Å². The third-order valence-electron chi connectivity index (χ3n) is 3.49. The second-order valence-electron chi connectivity index (χ2n) is 4.73. The molecule has 0 amide bonds. The predicted octanol–water partition coefficient (Wildman–Crippen LogP) is 4.34. The van der Waals surface area contributed by atoms with E-state index in [2.05, 4.69) is 36.3 Å². The first-order chi connectivity index (χ1) is 9.78. The highest BCUT2D eigenvalue weighted by Gasteiger charge is 2.17. The number of hydrogen-bond donors (Lipinski definition) is 1. The third-order valence-corrected chi connectivity index (χ3v) is 4.38. The summed E-state index contributed by atoms with van der Waals surface area (Å²) in [6, 6.07) is 8.97. The summed E-state index contributed by atoms with van der Waals surface area (Å²) in [5, 5.41) is 6.92. The highest BCUT2D eigenvalue weighted by molar-refractivity contribution is 7.09. The molecule has 0 spiro atoms. The van der Waals surface area contributed by atoms with Gasteiger partial charge in [-0.1, -0.05) is 26.0 Å². The molecule has 1 N–H and O–H groups in total. The molecule has 2 atom stereocenters. The lowest BCUT2D eigenvalue weighted by Crippen LogP contribution is -2.25. The van der Waals surface area contributed by atoms with Gasteiger partial charge in [0.05, 0.1) is 13.2 Å². The van der Waals surface area contributed by atoms with Crippen molar-refractivity contribution in [1.82, 2.24) is 10.3 Å². The van der Waals surface area contributed by atoms with Crippen molar-refractivity contribution in [2.45, 2.75) is 38.8 Å². The van der Waals surface area contributed by atoms with Gasteiger partial charge in [-0.05, 0) is 30.5 Å². The average molecular weight is 290 g/mol.